The Morgan fingerprint density at radius 2 is 2.04 bits per heavy atom. The Balaban J connectivity index is 2.11. The number of rotatable bonds is 7. The van der Waals surface area contributed by atoms with Crippen molar-refractivity contribution in [1.82, 2.24) is 14.7 Å². The zero-order chi connectivity index (χ0) is 18.6. The standard InChI is InChI=1S/C15H15Cl2F2N3O3/c1-21(8-22-14(23)13(17)10(16)6-20-22)7-9-3-4-11(25-15(18)19)12(5-9)24-2/h3-6,15H,7-8H2,1-2H3. The lowest BCUT2D eigenvalue weighted by Gasteiger charge is -2.18. The van der Waals surface area contributed by atoms with E-state index < -0.39 is 12.2 Å². The summed E-state index contributed by atoms with van der Waals surface area (Å²) in [7, 11) is 3.12. The molecule has 0 N–H and O–H groups in total. The molecule has 0 spiro atoms. The molecule has 0 bridgehead atoms. The Labute approximate surface area is 152 Å². The van der Waals surface area contributed by atoms with Crippen LogP contribution in [0.5, 0.6) is 11.5 Å². The number of alkyl halides is 2. The average Bonchev–Trinajstić information content (AvgIpc) is 2.56. The number of nitrogens with zero attached hydrogens (tertiary/aromatic N) is 3. The predicted octanol–water partition coefficient (Wildman–Crippen LogP) is 3.25. The van der Waals surface area contributed by atoms with Crippen molar-refractivity contribution in [1.29, 1.82) is 0 Å². The van der Waals surface area contributed by atoms with Crippen molar-refractivity contribution in [3.05, 3.63) is 50.4 Å². The first kappa shape index (κ1) is 19.4. The van der Waals surface area contributed by atoms with E-state index in [2.05, 4.69) is 9.84 Å². The summed E-state index contributed by atoms with van der Waals surface area (Å²) in [6.45, 7) is -2.37. The average molecular weight is 394 g/mol. The zero-order valence-electron chi connectivity index (χ0n) is 13.4. The minimum atomic E-state index is -2.94. The number of hydrogen-bond donors (Lipinski definition) is 0. The Hall–Kier alpha value is -1.90. The molecule has 1 aromatic heterocycles. The van der Waals surface area contributed by atoms with Gasteiger partial charge < -0.3 is 9.47 Å². The highest BCUT2D eigenvalue weighted by Crippen LogP contribution is 2.29. The third-order valence-corrected chi connectivity index (χ3v) is 3.96. The molecule has 0 saturated carbocycles. The van der Waals surface area contributed by atoms with E-state index in [1.165, 1.54) is 24.1 Å². The van der Waals surface area contributed by atoms with Gasteiger partial charge >= 0.3 is 6.61 Å². The molecule has 25 heavy (non-hydrogen) atoms. The number of benzene rings is 1. The monoisotopic (exact) mass is 393 g/mol. The largest absolute Gasteiger partial charge is 0.493 e. The molecule has 2 aromatic rings. The summed E-state index contributed by atoms with van der Waals surface area (Å²) >= 11 is 11.5. The van der Waals surface area contributed by atoms with Crippen LogP contribution in [0.25, 0.3) is 0 Å². The van der Waals surface area contributed by atoms with E-state index in [4.69, 9.17) is 27.9 Å². The van der Waals surface area contributed by atoms with Crippen molar-refractivity contribution < 1.29 is 18.3 Å². The molecule has 0 aliphatic carbocycles. The topological polar surface area (TPSA) is 56.6 Å². The van der Waals surface area contributed by atoms with Gasteiger partial charge in [-0.05, 0) is 24.7 Å². The molecule has 2 rings (SSSR count). The lowest BCUT2D eigenvalue weighted by atomic mass is 10.2. The molecule has 0 radical (unpaired) electrons. The predicted molar refractivity (Wildman–Crippen MR) is 89.6 cm³/mol. The second kappa shape index (κ2) is 8.46. The summed E-state index contributed by atoms with van der Waals surface area (Å²) in [6.07, 6.45) is 1.29. The molecule has 1 heterocycles. The van der Waals surface area contributed by atoms with Crippen molar-refractivity contribution in [2.75, 3.05) is 14.2 Å². The summed E-state index contributed by atoms with van der Waals surface area (Å²) in [5.74, 6) is 0.141. The second-order valence-electron chi connectivity index (χ2n) is 5.13. The quantitative estimate of drug-likeness (QED) is 0.722. The van der Waals surface area contributed by atoms with Crippen LogP contribution < -0.4 is 15.0 Å². The first-order valence-electron chi connectivity index (χ1n) is 7.03. The van der Waals surface area contributed by atoms with Gasteiger partial charge in [0.1, 0.15) is 5.02 Å². The first-order valence-corrected chi connectivity index (χ1v) is 7.78. The highest BCUT2D eigenvalue weighted by atomic mass is 35.5. The van der Waals surface area contributed by atoms with Crippen LogP contribution in [0.15, 0.2) is 29.2 Å². The Kier molecular flexibility index (Phi) is 6.57. The maximum Gasteiger partial charge on any atom is 0.387 e. The number of hydrogen-bond acceptors (Lipinski definition) is 5. The fourth-order valence-electron chi connectivity index (χ4n) is 2.14. The Bertz CT molecular complexity index is 802. The number of aromatic nitrogens is 2. The fraction of sp³-hybridized carbons (Fsp3) is 0.333. The zero-order valence-corrected chi connectivity index (χ0v) is 14.9. The van der Waals surface area contributed by atoms with Gasteiger partial charge in [0.25, 0.3) is 5.56 Å². The molecule has 1 aromatic carbocycles. The van der Waals surface area contributed by atoms with Crippen LogP contribution >= 0.6 is 23.2 Å². The minimum Gasteiger partial charge on any atom is -0.493 e. The van der Waals surface area contributed by atoms with E-state index in [1.807, 2.05) is 0 Å². The molecule has 6 nitrogen and oxygen atoms in total. The molecule has 0 fully saturated rings. The van der Waals surface area contributed by atoms with Crippen molar-refractivity contribution in [3.63, 3.8) is 0 Å². The fourth-order valence-corrected chi connectivity index (χ4v) is 2.41. The van der Waals surface area contributed by atoms with Gasteiger partial charge in [0.05, 0.1) is 25.0 Å². The number of ether oxygens (including phenoxy) is 2. The molecule has 136 valence electrons. The Morgan fingerprint density at radius 1 is 1.32 bits per heavy atom. The molecular formula is C15H15Cl2F2N3O3. The lowest BCUT2D eigenvalue weighted by molar-refractivity contribution is -0.0512. The van der Waals surface area contributed by atoms with Crippen molar-refractivity contribution in [3.8, 4) is 11.5 Å². The third-order valence-electron chi connectivity index (χ3n) is 3.21. The molecule has 0 atom stereocenters. The summed E-state index contributed by atoms with van der Waals surface area (Å²) in [4.78, 5) is 13.8. The van der Waals surface area contributed by atoms with Gasteiger partial charge in [-0.3, -0.25) is 9.69 Å². The van der Waals surface area contributed by atoms with E-state index in [0.717, 1.165) is 5.56 Å². The van der Waals surface area contributed by atoms with Crippen LogP contribution in [0, 0.1) is 0 Å². The molecule has 0 aliphatic heterocycles. The smallest absolute Gasteiger partial charge is 0.387 e. The first-order chi connectivity index (χ1) is 11.8. The van der Waals surface area contributed by atoms with Gasteiger partial charge in [-0.15, -0.1) is 0 Å². The minimum absolute atomic E-state index is 0.0497. The number of methoxy groups -OCH3 is 1. The molecular weight excluding hydrogens is 379 g/mol. The van der Waals surface area contributed by atoms with Gasteiger partial charge in [0, 0.05) is 6.54 Å². The van der Waals surface area contributed by atoms with E-state index in [0.29, 0.717) is 6.54 Å². The summed E-state index contributed by atoms with van der Waals surface area (Å²) < 4.78 is 35.3. The molecule has 0 aliphatic rings. The maximum absolute atomic E-state index is 12.3. The van der Waals surface area contributed by atoms with Gasteiger partial charge in [-0.25, -0.2) is 4.68 Å². The third kappa shape index (κ3) is 5.04. The van der Waals surface area contributed by atoms with E-state index in [9.17, 15) is 13.6 Å². The van der Waals surface area contributed by atoms with Gasteiger partial charge in [0.2, 0.25) is 0 Å². The van der Waals surface area contributed by atoms with Crippen LogP contribution in [0.1, 0.15) is 5.56 Å². The molecule has 0 amide bonds. The van der Waals surface area contributed by atoms with Crippen LogP contribution in [0.2, 0.25) is 10.0 Å². The summed E-state index contributed by atoms with van der Waals surface area (Å²) in [6, 6.07) is 4.61. The molecule has 0 unspecified atom stereocenters. The van der Waals surface area contributed by atoms with Gasteiger partial charge in [-0.2, -0.15) is 13.9 Å². The van der Waals surface area contributed by atoms with E-state index in [1.54, 1.807) is 24.1 Å². The normalized spacial score (nSPS) is 11.2. The SMILES string of the molecule is COc1cc(CN(C)Cn2ncc(Cl)c(Cl)c2=O)ccc1OC(F)F. The lowest BCUT2D eigenvalue weighted by Crippen LogP contribution is -2.31. The van der Waals surface area contributed by atoms with Crippen molar-refractivity contribution >= 4 is 23.2 Å². The molecule has 10 heteroatoms. The van der Waals surface area contributed by atoms with Crippen LogP contribution in [-0.4, -0.2) is 35.4 Å². The number of halogens is 4. The van der Waals surface area contributed by atoms with E-state index >= 15 is 0 Å². The Morgan fingerprint density at radius 3 is 2.68 bits per heavy atom. The van der Waals surface area contributed by atoms with Crippen molar-refractivity contribution in [2.45, 2.75) is 19.8 Å². The van der Waals surface area contributed by atoms with Crippen LogP contribution in [0.4, 0.5) is 8.78 Å². The van der Waals surface area contributed by atoms with Gasteiger partial charge in [0.15, 0.2) is 11.5 Å². The highest BCUT2D eigenvalue weighted by Gasteiger charge is 2.13. The van der Waals surface area contributed by atoms with E-state index in [-0.39, 0.29) is 28.2 Å². The summed E-state index contributed by atoms with van der Waals surface area (Å²) in [5.41, 5.74) is 0.272. The molecule has 0 saturated heterocycles. The second-order valence-corrected chi connectivity index (χ2v) is 5.92. The van der Waals surface area contributed by atoms with Gasteiger partial charge in [-0.1, -0.05) is 29.3 Å². The van der Waals surface area contributed by atoms with Crippen molar-refractivity contribution in [2.24, 2.45) is 0 Å². The highest BCUT2D eigenvalue weighted by molar-refractivity contribution is 6.41. The van der Waals surface area contributed by atoms with Crippen LogP contribution in [0.3, 0.4) is 0 Å². The summed E-state index contributed by atoms with van der Waals surface area (Å²) in [5, 5.41) is 3.91. The van der Waals surface area contributed by atoms with Crippen LogP contribution in [-0.2, 0) is 13.2 Å². The maximum atomic E-state index is 12.3.